The third kappa shape index (κ3) is 2.89. The molecular formula is C21H20N4OS. The van der Waals surface area contributed by atoms with Crippen molar-refractivity contribution >= 4 is 17.7 Å². The maximum atomic E-state index is 13.1. The monoisotopic (exact) mass is 376 g/mol. The van der Waals surface area contributed by atoms with Gasteiger partial charge in [-0.25, -0.2) is 4.98 Å². The van der Waals surface area contributed by atoms with Crippen molar-refractivity contribution in [2.45, 2.75) is 36.3 Å². The molecule has 5 nitrogen and oxygen atoms in total. The van der Waals surface area contributed by atoms with Gasteiger partial charge >= 0.3 is 0 Å². The summed E-state index contributed by atoms with van der Waals surface area (Å²) in [5.74, 6) is 0.677. The minimum absolute atomic E-state index is 0.000798. The van der Waals surface area contributed by atoms with E-state index in [2.05, 4.69) is 51.4 Å². The van der Waals surface area contributed by atoms with Gasteiger partial charge in [0.05, 0.1) is 6.04 Å². The summed E-state index contributed by atoms with van der Waals surface area (Å²) in [6.45, 7) is 3.62. The molecular weight excluding hydrogens is 356 g/mol. The Morgan fingerprint density at radius 3 is 2.59 bits per heavy atom. The summed E-state index contributed by atoms with van der Waals surface area (Å²) in [5, 5.41) is 4.78. The Morgan fingerprint density at radius 1 is 1.07 bits per heavy atom. The summed E-state index contributed by atoms with van der Waals surface area (Å²) in [4.78, 5) is 20.0. The smallest absolute Gasteiger partial charge is 0.264 e. The number of nitrogens with zero attached hydrogens (tertiary/aromatic N) is 4. The Hall–Kier alpha value is -2.44. The van der Waals surface area contributed by atoms with Crippen LogP contribution in [0.3, 0.4) is 0 Å². The van der Waals surface area contributed by atoms with Crippen LogP contribution >= 0.6 is 11.8 Å². The molecule has 0 fully saturated rings. The van der Waals surface area contributed by atoms with E-state index in [4.69, 9.17) is 0 Å². The Labute approximate surface area is 162 Å². The van der Waals surface area contributed by atoms with Gasteiger partial charge in [-0.3, -0.25) is 9.69 Å². The first-order chi connectivity index (χ1) is 13.2. The first kappa shape index (κ1) is 16.7. The highest BCUT2D eigenvalue weighted by Gasteiger charge is 2.43. The molecule has 6 heteroatoms. The number of hydrogen-bond donors (Lipinski definition) is 0. The van der Waals surface area contributed by atoms with Crippen molar-refractivity contribution in [3.8, 4) is 0 Å². The lowest BCUT2D eigenvalue weighted by Gasteiger charge is -2.37. The standard InChI is InChI=1S/C21H20N4OS/c1-14-22-21-25(23-14)20(26)19(27-21)18(16-8-3-2-4-9-16)24-12-11-15-7-5-6-10-17(15)13-24/h2-10,18-19H,11-13H2,1H3. The summed E-state index contributed by atoms with van der Waals surface area (Å²) >= 11 is 1.54. The second-order valence-corrected chi connectivity index (χ2v) is 8.18. The van der Waals surface area contributed by atoms with Crippen molar-refractivity contribution < 1.29 is 4.79 Å². The van der Waals surface area contributed by atoms with Crippen LogP contribution in [0.15, 0.2) is 59.8 Å². The number of rotatable bonds is 3. The molecule has 3 aromatic rings. The molecule has 0 amide bonds. The van der Waals surface area contributed by atoms with Gasteiger partial charge < -0.3 is 0 Å². The van der Waals surface area contributed by atoms with Crippen molar-refractivity contribution in [1.82, 2.24) is 19.7 Å². The largest absolute Gasteiger partial charge is 0.290 e. The lowest BCUT2D eigenvalue weighted by Crippen LogP contribution is -2.41. The molecule has 2 aliphatic heterocycles. The van der Waals surface area contributed by atoms with Gasteiger partial charge in [0.2, 0.25) is 0 Å². The second-order valence-electron chi connectivity index (χ2n) is 7.07. The van der Waals surface area contributed by atoms with E-state index in [-0.39, 0.29) is 17.2 Å². The average molecular weight is 376 g/mol. The fourth-order valence-electron chi connectivity index (χ4n) is 4.08. The maximum Gasteiger partial charge on any atom is 0.264 e. The zero-order valence-corrected chi connectivity index (χ0v) is 15.9. The number of benzene rings is 2. The van der Waals surface area contributed by atoms with Crippen molar-refractivity contribution in [2.24, 2.45) is 0 Å². The van der Waals surface area contributed by atoms with Crippen molar-refractivity contribution in [2.75, 3.05) is 6.54 Å². The van der Waals surface area contributed by atoms with Crippen LogP contribution in [0.5, 0.6) is 0 Å². The molecule has 0 N–H and O–H groups in total. The number of carbonyl (C=O) groups is 1. The van der Waals surface area contributed by atoms with Crippen molar-refractivity contribution in [3.05, 3.63) is 77.1 Å². The van der Waals surface area contributed by atoms with Gasteiger partial charge in [0.25, 0.3) is 5.91 Å². The topological polar surface area (TPSA) is 51.0 Å². The van der Waals surface area contributed by atoms with E-state index >= 15 is 0 Å². The quantitative estimate of drug-likeness (QED) is 0.700. The average Bonchev–Trinajstić information content (AvgIpc) is 3.20. The SMILES string of the molecule is Cc1nc2n(n1)C(=O)C(C(c1ccccc1)N1CCc3ccccc3C1)S2. The van der Waals surface area contributed by atoms with E-state index < -0.39 is 0 Å². The molecule has 0 saturated heterocycles. The molecule has 0 spiro atoms. The van der Waals surface area contributed by atoms with Crippen LogP contribution in [-0.2, 0) is 13.0 Å². The highest BCUT2D eigenvalue weighted by Crippen LogP contribution is 2.42. The Morgan fingerprint density at radius 2 is 1.81 bits per heavy atom. The zero-order chi connectivity index (χ0) is 18.4. The first-order valence-electron chi connectivity index (χ1n) is 9.21. The third-order valence-corrected chi connectivity index (χ3v) is 6.54. The minimum atomic E-state index is -0.228. The molecule has 27 heavy (non-hydrogen) atoms. The van der Waals surface area contributed by atoms with Crippen molar-refractivity contribution in [1.29, 1.82) is 0 Å². The molecule has 2 aromatic carbocycles. The molecule has 0 bridgehead atoms. The van der Waals surface area contributed by atoms with Crippen LogP contribution in [0.1, 0.15) is 33.4 Å². The number of aryl methyl sites for hydroxylation is 1. The van der Waals surface area contributed by atoms with E-state index in [9.17, 15) is 4.79 Å². The Bertz CT molecular complexity index is 1000. The van der Waals surface area contributed by atoms with E-state index in [1.165, 1.54) is 21.4 Å². The molecule has 0 saturated carbocycles. The number of thioether (sulfide) groups is 1. The molecule has 0 aliphatic carbocycles. The normalized spacial score (nSPS) is 20.3. The fourth-order valence-corrected chi connectivity index (χ4v) is 5.38. The van der Waals surface area contributed by atoms with Crippen LogP contribution in [0, 0.1) is 6.92 Å². The second kappa shape index (κ2) is 6.62. The molecule has 136 valence electrons. The van der Waals surface area contributed by atoms with Crippen molar-refractivity contribution in [3.63, 3.8) is 0 Å². The van der Waals surface area contributed by atoms with Crippen LogP contribution < -0.4 is 0 Å². The summed E-state index contributed by atoms with van der Waals surface area (Å²) in [6, 6.07) is 19.0. The Balaban J connectivity index is 1.52. The van der Waals surface area contributed by atoms with E-state index in [0.29, 0.717) is 11.0 Å². The Kier molecular flexibility index (Phi) is 4.10. The third-order valence-electron chi connectivity index (χ3n) is 5.35. The summed E-state index contributed by atoms with van der Waals surface area (Å²) in [7, 11) is 0. The van der Waals surface area contributed by atoms with Crippen LogP contribution in [-0.4, -0.2) is 37.4 Å². The summed E-state index contributed by atoms with van der Waals surface area (Å²) in [6.07, 6.45) is 1.01. The fraction of sp³-hybridized carbons (Fsp3) is 0.286. The van der Waals surface area contributed by atoms with E-state index in [1.807, 2.05) is 25.1 Å². The highest BCUT2D eigenvalue weighted by atomic mass is 32.2. The first-order valence-corrected chi connectivity index (χ1v) is 10.1. The van der Waals surface area contributed by atoms with Gasteiger partial charge in [0, 0.05) is 13.1 Å². The van der Waals surface area contributed by atoms with Crippen LogP contribution in [0.25, 0.3) is 0 Å². The van der Waals surface area contributed by atoms with E-state index in [1.54, 1.807) is 11.8 Å². The van der Waals surface area contributed by atoms with Gasteiger partial charge in [0.1, 0.15) is 11.1 Å². The van der Waals surface area contributed by atoms with Gasteiger partial charge in [-0.2, -0.15) is 4.68 Å². The molecule has 2 aliphatic rings. The number of carbonyl (C=O) groups excluding carboxylic acids is 1. The van der Waals surface area contributed by atoms with Gasteiger partial charge in [-0.15, -0.1) is 5.10 Å². The number of aromatic nitrogens is 3. The van der Waals surface area contributed by atoms with Crippen LogP contribution in [0.2, 0.25) is 0 Å². The lowest BCUT2D eigenvalue weighted by atomic mass is 9.94. The molecule has 1 aromatic heterocycles. The molecule has 0 radical (unpaired) electrons. The zero-order valence-electron chi connectivity index (χ0n) is 15.1. The van der Waals surface area contributed by atoms with E-state index in [0.717, 1.165) is 19.5 Å². The van der Waals surface area contributed by atoms with Gasteiger partial charge in [-0.1, -0.05) is 66.4 Å². The molecule has 2 atom stereocenters. The number of fused-ring (bicyclic) bond motifs is 2. The van der Waals surface area contributed by atoms with Gasteiger partial charge in [-0.05, 0) is 30.0 Å². The lowest BCUT2D eigenvalue weighted by molar-refractivity contribution is 0.0824. The van der Waals surface area contributed by atoms with Gasteiger partial charge in [0.15, 0.2) is 5.16 Å². The molecule has 2 unspecified atom stereocenters. The highest BCUT2D eigenvalue weighted by molar-refractivity contribution is 8.00. The predicted molar refractivity (Wildman–Crippen MR) is 105 cm³/mol. The summed E-state index contributed by atoms with van der Waals surface area (Å²) < 4.78 is 1.48. The molecule has 5 rings (SSSR count). The number of hydrogen-bond acceptors (Lipinski definition) is 5. The summed E-state index contributed by atoms with van der Waals surface area (Å²) in [5.41, 5.74) is 3.94. The predicted octanol–water partition coefficient (Wildman–Crippen LogP) is 3.50. The maximum absolute atomic E-state index is 13.1. The molecule has 3 heterocycles. The minimum Gasteiger partial charge on any atom is -0.290 e. The van der Waals surface area contributed by atoms with Crippen LogP contribution in [0.4, 0.5) is 0 Å².